The van der Waals surface area contributed by atoms with Crippen LogP contribution in [0.5, 0.6) is 74.7 Å². The van der Waals surface area contributed by atoms with E-state index in [0.29, 0.717) is 11.1 Å². The molecule has 0 saturated heterocycles. The van der Waals surface area contributed by atoms with E-state index in [0.717, 1.165) is 12.1 Å². The van der Waals surface area contributed by atoms with Crippen molar-refractivity contribution < 1.29 is 74.1 Å². The second-order valence-electron chi connectivity index (χ2n) is 14.7. The molecule has 0 radical (unpaired) electrons. The second-order valence-corrected chi connectivity index (χ2v) is 14.7. The Balaban J connectivity index is 1.23. The predicted octanol–water partition coefficient (Wildman–Crippen LogP) is 6.19. The lowest BCUT2D eigenvalue weighted by molar-refractivity contribution is -0.139. The number of carbonyl (C=O) groups excluding carboxylic acids is 2. The van der Waals surface area contributed by atoms with Crippen molar-refractivity contribution in [2.24, 2.45) is 0 Å². The normalized spacial score (nSPS) is 21.6. The van der Waals surface area contributed by atoms with Crippen molar-refractivity contribution in [1.29, 1.82) is 0 Å². The first kappa shape index (κ1) is 36.2. The van der Waals surface area contributed by atoms with Gasteiger partial charge < -0.3 is 64.5 Å². The largest absolute Gasteiger partial charge is 0.508 e. The van der Waals surface area contributed by atoms with Gasteiger partial charge in [0.2, 0.25) is 5.75 Å². The number of hydrogen-bond acceptors (Lipinski definition) is 15. The van der Waals surface area contributed by atoms with Gasteiger partial charge >= 0.3 is 11.9 Å². The summed E-state index contributed by atoms with van der Waals surface area (Å²) < 4.78 is 30.0. The van der Waals surface area contributed by atoms with E-state index in [2.05, 4.69) is 0 Å². The van der Waals surface area contributed by atoms with Crippen molar-refractivity contribution in [2.75, 3.05) is 7.11 Å². The zero-order chi connectivity index (χ0) is 42.0. The van der Waals surface area contributed by atoms with E-state index >= 15 is 0 Å². The molecule has 4 aliphatic heterocycles. The number of esters is 2. The van der Waals surface area contributed by atoms with Crippen LogP contribution in [0.25, 0.3) is 12.2 Å². The third-order valence-electron chi connectivity index (χ3n) is 11.4. The Morgan fingerprint density at radius 1 is 0.500 bits per heavy atom. The van der Waals surface area contributed by atoms with Crippen LogP contribution in [0.2, 0.25) is 0 Å². The maximum Gasteiger partial charge on any atom is 0.331 e. The quantitative estimate of drug-likeness (QED) is 0.0550. The van der Waals surface area contributed by atoms with E-state index in [4.69, 9.17) is 23.7 Å². The minimum atomic E-state index is -2.04. The fourth-order valence-corrected chi connectivity index (χ4v) is 9.18. The summed E-state index contributed by atoms with van der Waals surface area (Å²) >= 11 is 0. The van der Waals surface area contributed by atoms with Gasteiger partial charge in [-0.05, 0) is 58.7 Å². The van der Waals surface area contributed by atoms with Crippen molar-refractivity contribution in [3.8, 4) is 74.7 Å². The maximum absolute atomic E-state index is 14.6. The minimum Gasteiger partial charge on any atom is -0.508 e. The summed E-state index contributed by atoms with van der Waals surface area (Å²) in [6, 6.07) is 20.0. The molecule has 0 saturated carbocycles. The number of aromatic hydroxyl groups is 8. The Labute approximate surface area is 338 Å². The fraction of sp³-hybridized carbons (Fsp3) is 0.111. The highest BCUT2D eigenvalue weighted by atomic mass is 16.6. The van der Waals surface area contributed by atoms with E-state index in [-0.39, 0.29) is 90.9 Å². The van der Waals surface area contributed by atoms with Crippen molar-refractivity contribution in [3.05, 3.63) is 136 Å². The number of rotatable bonds is 5. The summed E-state index contributed by atoms with van der Waals surface area (Å²) in [6.07, 6.45) is 0.367. The topological polar surface area (TPSA) is 242 Å². The number of benzene rings is 6. The predicted molar refractivity (Wildman–Crippen MR) is 207 cm³/mol. The highest BCUT2D eigenvalue weighted by molar-refractivity contribution is 6.03. The molecule has 0 amide bonds. The molecule has 15 heteroatoms. The first-order valence-electron chi connectivity index (χ1n) is 18.3. The van der Waals surface area contributed by atoms with Gasteiger partial charge in [-0.25, -0.2) is 0 Å². The lowest BCUT2D eigenvalue weighted by Gasteiger charge is -2.29. The van der Waals surface area contributed by atoms with Crippen LogP contribution in [-0.2, 0) is 20.4 Å². The fourth-order valence-electron chi connectivity index (χ4n) is 9.18. The molecule has 10 rings (SSSR count). The Morgan fingerprint density at radius 3 is 1.47 bits per heavy atom. The summed E-state index contributed by atoms with van der Waals surface area (Å²) in [4.78, 5) is 29.1. The molecule has 0 aliphatic carbocycles. The molecule has 6 aromatic carbocycles. The molecule has 0 aromatic heterocycles. The molecule has 4 atom stereocenters. The van der Waals surface area contributed by atoms with Crippen LogP contribution in [0, 0.1) is 0 Å². The molecule has 8 N–H and O–H groups in total. The second kappa shape index (κ2) is 12.4. The number of carbonyl (C=O) groups is 2. The van der Waals surface area contributed by atoms with E-state index < -0.39 is 52.2 Å². The van der Waals surface area contributed by atoms with Crippen molar-refractivity contribution in [3.63, 3.8) is 0 Å². The van der Waals surface area contributed by atoms with Gasteiger partial charge in [-0.3, -0.25) is 9.59 Å². The summed E-state index contributed by atoms with van der Waals surface area (Å²) in [5, 5.41) is 86.5. The van der Waals surface area contributed by atoms with Gasteiger partial charge in [-0.15, -0.1) is 0 Å². The van der Waals surface area contributed by atoms with Crippen molar-refractivity contribution in [2.45, 2.75) is 23.0 Å². The molecule has 2 spiro atoms. The van der Waals surface area contributed by atoms with Gasteiger partial charge in [-0.1, -0.05) is 36.4 Å². The van der Waals surface area contributed by atoms with Crippen LogP contribution in [0.4, 0.5) is 0 Å². The van der Waals surface area contributed by atoms with Crippen LogP contribution in [0.15, 0.2) is 91.0 Å². The highest BCUT2D eigenvalue weighted by Crippen LogP contribution is 2.67. The van der Waals surface area contributed by atoms with E-state index in [1.165, 1.54) is 98.1 Å². The number of hydrogen-bond donors (Lipinski definition) is 8. The van der Waals surface area contributed by atoms with Gasteiger partial charge in [0, 0.05) is 41.5 Å². The average Bonchev–Trinajstić information content (AvgIpc) is 3.90. The molecule has 0 bridgehead atoms. The van der Waals surface area contributed by atoms with Crippen LogP contribution in [0.1, 0.15) is 56.7 Å². The first-order valence-corrected chi connectivity index (χ1v) is 18.3. The van der Waals surface area contributed by atoms with Gasteiger partial charge in [-0.2, -0.15) is 0 Å². The van der Waals surface area contributed by atoms with Crippen molar-refractivity contribution >= 4 is 24.1 Å². The van der Waals surface area contributed by atoms with E-state index in [9.17, 15) is 50.4 Å². The Bertz CT molecular complexity index is 2900. The monoisotopic (exact) mass is 810 g/mol. The molecule has 0 unspecified atom stereocenters. The third kappa shape index (κ3) is 4.70. The van der Waals surface area contributed by atoms with Crippen LogP contribution < -0.4 is 23.7 Å². The minimum absolute atomic E-state index is 0.0418. The SMILES string of the molecule is COc1c(O)cc(/C=C\c2cc(O)cc3c2[C@@]2(C(=O)O3)c3c(O)cc(O)cc3O[C@@H]2c2ccc(O)cc2)c2c1OC(=O)[C@]21c2c(O)cc(O)cc2O[C@@H]1c1ccc(O)cc1. The zero-order valence-corrected chi connectivity index (χ0v) is 30.9. The van der Waals surface area contributed by atoms with Gasteiger partial charge in [0.25, 0.3) is 0 Å². The summed E-state index contributed by atoms with van der Waals surface area (Å²) in [7, 11) is 1.25. The molecule has 300 valence electrons. The Morgan fingerprint density at radius 2 is 0.950 bits per heavy atom. The molecule has 15 nitrogen and oxygen atoms in total. The molecular formula is C45H30O15. The number of methoxy groups -OCH3 is 1. The Hall–Kier alpha value is -8.20. The third-order valence-corrected chi connectivity index (χ3v) is 11.4. The van der Waals surface area contributed by atoms with E-state index in [1.807, 2.05) is 0 Å². The van der Waals surface area contributed by atoms with Gasteiger partial charge in [0.05, 0.1) is 18.2 Å². The standard InChI is InChI=1S/C45H30O15/c1-56-38-30(53)13-22(35-39(38)60-43(55)45(35)37-29(52)15-27(50)18-33(37)58-41(45)20-6-10-24(47)11-7-20)3-2-21-12-25(48)16-31-34(21)44(42(54)59-31)36-28(51)14-26(49)17-32(36)57-40(44)19-4-8-23(46)9-5-19/h2-18,40-41,46-53H,1H3/b3-2-/t40-,41-,44-,45+/m1/s1. The smallest absolute Gasteiger partial charge is 0.331 e. The average molecular weight is 811 g/mol. The molecule has 6 aromatic rings. The number of phenolic OH excluding ortho intramolecular Hbond substituents is 8. The first-order chi connectivity index (χ1) is 28.8. The van der Waals surface area contributed by atoms with Crippen molar-refractivity contribution in [1.82, 2.24) is 0 Å². The van der Waals surface area contributed by atoms with Crippen LogP contribution in [0.3, 0.4) is 0 Å². The maximum atomic E-state index is 14.6. The highest BCUT2D eigenvalue weighted by Gasteiger charge is 2.67. The molecule has 4 aliphatic rings. The molecule has 4 heterocycles. The lowest BCUT2D eigenvalue weighted by atomic mass is 9.68. The summed E-state index contributed by atoms with van der Waals surface area (Å²) in [5.41, 5.74) is -3.00. The van der Waals surface area contributed by atoms with Crippen LogP contribution >= 0.6 is 0 Å². The number of ether oxygens (including phenoxy) is 5. The molecular weight excluding hydrogens is 780 g/mol. The molecule has 0 fully saturated rings. The van der Waals surface area contributed by atoms with Gasteiger partial charge in [0.15, 0.2) is 22.3 Å². The number of phenols is 8. The Kier molecular flexibility index (Phi) is 7.47. The van der Waals surface area contributed by atoms with Crippen LogP contribution in [-0.4, -0.2) is 59.9 Å². The number of fused-ring (bicyclic) bond motifs is 8. The summed E-state index contributed by atoms with van der Waals surface area (Å²) in [6.45, 7) is 0. The zero-order valence-electron chi connectivity index (χ0n) is 30.9. The van der Waals surface area contributed by atoms with Gasteiger partial charge in [0.1, 0.15) is 69.7 Å². The summed E-state index contributed by atoms with van der Waals surface area (Å²) in [5.74, 6) is -5.17. The van der Waals surface area contributed by atoms with E-state index in [1.54, 1.807) is 0 Å². The lowest BCUT2D eigenvalue weighted by Crippen LogP contribution is -2.40. The molecule has 60 heavy (non-hydrogen) atoms.